The number of anilines is 2. The van der Waals surface area contributed by atoms with E-state index in [-0.39, 0.29) is 11.3 Å². The van der Waals surface area contributed by atoms with Crippen LogP contribution in [0.5, 0.6) is 0 Å². The van der Waals surface area contributed by atoms with Crippen LogP contribution in [0.1, 0.15) is 22.3 Å². The second-order valence-corrected chi connectivity index (χ2v) is 6.40. The maximum absolute atomic E-state index is 12.5. The van der Waals surface area contributed by atoms with Crippen molar-refractivity contribution >= 4 is 28.8 Å². The minimum atomic E-state index is -0.487. The van der Waals surface area contributed by atoms with Crippen molar-refractivity contribution in [1.29, 1.82) is 0 Å². The highest BCUT2D eigenvalue weighted by molar-refractivity contribution is 6.05. The quantitative estimate of drug-likeness (QED) is 0.625. The van der Waals surface area contributed by atoms with Gasteiger partial charge >= 0.3 is 0 Å². The normalized spacial score (nSPS) is 13.3. The SMILES string of the molecule is CN(C)c1ccc(C(=O)Nc2ccc(C3=NCCCN3)cc2)cc1[N+](=O)[O-]. The summed E-state index contributed by atoms with van der Waals surface area (Å²) in [6, 6.07) is 11.8. The van der Waals surface area contributed by atoms with Gasteiger partial charge in [0.25, 0.3) is 11.6 Å². The molecule has 0 saturated carbocycles. The van der Waals surface area contributed by atoms with Gasteiger partial charge in [-0.25, -0.2) is 0 Å². The monoisotopic (exact) mass is 367 g/mol. The first kappa shape index (κ1) is 18.4. The molecule has 27 heavy (non-hydrogen) atoms. The molecule has 0 bridgehead atoms. The number of amides is 1. The second-order valence-electron chi connectivity index (χ2n) is 6.40. The Morgan fingerprint density at radius 2 is 1.96 bits per heavy atom. The van der Waals surface area contributed by atoms with Crippen molar-refractivity contribution < 1.29 is 9.72 Å². The van der Waals surface area contributed by atoms with Crippen molar-refractivity contribution in [2.24, 2.45) is 4.99 Å². The molecule has 8 heteroatoms. The highest BCUT2D eigenvalue weighted by Crippen LogP contribution is 2.28. The van der Waals surface area contributed by atoms with E-state index in [1.807, 2.05) is 12.1 Å². The van der Waals surface area contributed by atoms with Gasteiger partial charge in [0.15, 0.2) is 0 Å². The molecule has 3 rings (SSSR count). The molecule has 2 aromatic carbocycles. The van der Waals surface area contributed by atoms with Crippen LogP contribution in [0.4, 0.5) is 17.1 Å². The zero-order valence-electron chi connectivity index (χ0n) is 15.2. The van der Waals surface area contributed by atoms with E-state index >= 15 is 0 Å². The Morgan fingerprint density at radius 1 is 1.22 bits per heavy atom. The Hall–Kier alpha value is -3.42. The molecular formula is C19H21N5O3. The number of hydrogen-bond acceptors (Lipinski definition) is 6. The first-order valence-electron chi connectivity index (χ1n) is 8.61. The van der Waals surface area contributed by atoms with Crippen molar-refractivity contribution in [1.82, 2.24) is 5.32 Å². The van der Waals surface area contributed by atoms with Crippen molar-refractivity contribution in [2.45, 2.75) is 6.42 Å². The zero-order chi connectivity index (χ0) is 19.4. The van der Waals surface area contributed by atoms with Crippen LogP contribution in [0.3, 0.4) is 0 Å². The first-order valence-corrected chi connectivity index (χ1v) is 8.61. The number of nitro benzene ring substituents is 1. The summed E-state index contributed by atoms with van der Waals surface area (Å²) in [7, 11) is 3.43. The van der Waals surface area contributed by atoms with Gasteiger partial charge in [-0.2, -0.15) is 0 Å². The lowest BCUT2D eigenvalue weighted by Crippen LogP contribution is -2.30. The molecule has 0 fully saturated rings. The van der Waals surface area contributed by atoms with Gasteiger partial charge in [-0.05, 0) is 42.8 Å². The van der Waals surface area contributed by atoms with Crippen molar-refractivity contribution in [3.8, 4) is 0 Å². The molecule has 140 valence electrons. The second kappa shape index (κ2) is 7.86. The van der Waals surface area contributed by atoms with E-state index in [4.69, 9.17) is 0 Å². The summed E-state index contributed by atoms with van der Waals surface area (Å²) in [5.41, 5.74) is 2.14. The van der Waals surface area contributed by atoms with Crippen molar-refractivity contribution in [3.63, 3.8) is 0 Å². The average Bonchev–Trinajstić information content (AvgIpc) is 2.68. The third kappa shape index (κ3) is 4.22. The molecule has 0 radical (unpaired) electrons. The van der Waals surface area contributed by atoms with Crippen LogP contribution in [-0.2, 0) is 0 Å². The molecule has 0 unspecified atom stereocenters. The molecule has 0 spiro atoms. The maximum Gasteiger partial charge on any atom is 0.293 e. The minimum absolute atomic E-state index is 0.107. The number of amidine groups is 1. The van der Waals surface area contributed by atoms with Crippen molar-refractivity contribution in [2.75, 3.05) is 37.4 Å². The third-order valence-corrected chi connectivity index (χ3v) is 4.23. The number of nitrogens with one attached hydrogen (secondary N) is 2. The van der Waals surface area contributed by atoms with Crippen LogP contribution in [0.2, 0.25) is 0 Å². The van der Waals surface area contributed by atoms with Crippen LogP contribution < -0.4 is 15.5 Å². The number of nitro groups is 1. The number of hydrogen-bond donors (Lipinski definition) is 2. The number of carbonyl (C=O) groups excluding carboxylic acids is 1. The summed E-state index contributed by atoms with van der Waals surface area (Å²) in [4.78, 5) is 29.3. The fraction of sp³-hybridized carbons (Fsp3) is 0.263. The zero-order valence-corrected chi connectivity index (χ0v) is 15.2. The van der Waals surface area contributed by atoms with E-state index in [0.717, 1.165) is 30.9 Å². The molecule has 1 amide bonds. The lowest BCUT2D eigenvalue weighted by molar-refractivity contribution is -0.384. The van der Waals surface area contributed by atoms with Crippen LogP contribution in [0.25, 0.3) is 0 Å². The predicted octanol–water partition coefficient (Wildman–Crippen LogP) is 2.65. The number of carbonyl (C=O) groups is 1. The Labute approximate surface area is 157 Å². The molecule has 2 aromatic rings. The lowest BCUT2D eigenvalue weighted by Gasteiger charge is -2.15. The summed E-state index contributed by atoms with van der Waals surface area (Å²) < 4.78 is 0. The number of benzene rings is 2. The Balaban J connectivity index is 1.76. The van der Waals surface area contributed by atoms with Crippen molar-refractivity contribution in [3.05, 3.63) is 63.7 Å². The smallest absolute Gasteiger partial charge is 0.293 e. The molecule has 2 N–H and O–H groups in total. The largest absolute Gasteiger partial charge is 0.372 e. The molecule has 0 saturated heterocycles. The summed E-state index contributed by atoms with van der Waals surface area (Å²) in [6.07, 6.45) is 1.02. The Morgan fingerprint density at radius 3 is 2.56 bits per heavy atom. The van der Waals surface area contributed by atoms with E-state index in [0.29, 0.717) is 11.4 Å². The maximum atomic E-state index is 12.5. The fourth-order valence-electron chi connectivity index (χ4n) is 2.83. The van der Waals surface area contributed by atoms with Crippen LogP contribution >= 0.6 is 0 Å². The lowest BCUT2D eigenvalue weighted by atomic mass is 10.1. The average molecular weight is 367 g/mol. The fourth-order valence-corrected chi connectivity index (χ4v) is 2.83. The van der Waals surface area contributed by atoms with Crippen LogP contribution in [0.15, 0.2) is 47.5 Å². The number of nitrogens with zero attached hydrogens (tertiary/aromatic N) is 3. The van der Waals surface area contributed by atoms with Gasteiger partial charge in [0.1, 0.15) is 11.5 Å². The van der Waals surface area contributed by atoms with Crippen LogP contribution in [-0.4, -0.2) is 43.9 Å². The van der Waals surface area contributed by atoms with E-state index < -0.39 is 10.8 Å². The minimum Gasteiger partial charge on any atom is -0.372 e. The van der Waals surface area contributed by atoms with Crippen LogP contribution in [0, 0.1) is 10.1 Å². The highest BCUT2D eigenvalue weighted by atomic mass is 16.6. The molecule has 0 aromatic heterocycles. The van der Waals surface area contributed by atoms with Gasteiger partial charge in [0.2, 0.25) is 0 Å². The molecule has 1 aliphatic heterocycles. The van der Waals surface area contributed by atoms with E-state index in [2.05, 4.69) is 15.6 Å². The summed E-state index contributed by atoms with van der Waals surface area (Å²) in [5, 5.41) is 17.3. The summed E-state index contributed by atoms with van der Waals surface area (Å²) in [5.74, 6) is 0.457. The Bertz CT molecular complexity index is 891. The van der Waals surface area contributed by atoms with Gasteiger partial charge in [0, 0.05) is 50.1 Å². The molecule has 0 atom stereocenters. The number of rotatable bonds is 5. The molecule has 1 aliphatic rings. The summed E-state index contributed by atoms with van der Waals surface area (Å²) in [6.45, 7) is 1.71. The van der Waals surface area contributed by atoms with Gasteiger partial charge in [-0.15, -0.1) is 0 Å². The topological polar surface area (TPSA) is 99.9 Å². The molecule has 0 aliphatic carbocycles. The van der Waals surface area contributed by atoms with E-state index in [1.54, 1.807) is 43.3 Å². The van der Waals surface area contributed by atoms with Gasteiger partial charge in [-0.1, -0.05) is 0 Å². The van der Waals surface area contributed by atoms with E-state index in [1.165, 1.54) is 6.07 Å². The standard InChI is InChI=1S/C19H21N5O3/c1-23(2)16-9-6-14(12-17(16)24(26)27)19(25)22-15-7-4-13(5-8-15)18-20-10-3-11-21-18/h4-9,12H,3,10-11H2,1-2H3,(H,20,21)(H,22,25). The predicted molar refractivity (Wildman–Crippen MR) is 106 cm³/mol. The number of aliphatic imine (C=N–C) groups is 1. The van der Waals surface area contributed by atoms with Gasteiger partial charge < -0.3 is 15.5 Å². The molecule has 8 nitrogen and oxygen atoms in total. The highest BCUT2D eigenvalue weighted by Gasteiger charge is 2.19. The third-order valence-electron chi connectivity index (χ3n) is 4.23. The molecule has 1 heterocycles. The first-order chi connectivity index (χ1) is 13.0. The van der Waals surface area contributed by atoms with Gasteiger partial charge in [0.05, 0.1) is 4.92 Å². The van der Waals surface area contributed by atoms with Gasteiger partial charge in [-0.3, -0.25) is 19.9 Å². The molecular weight excluding hydrogens is 346 g/mol. The Kier molecular flexibility index (Phi) is 5.35. The summed E-state index contributed by atoms with van der Waals surface area (Å²) >= 11 is 0. The van der Waals surface area contributed by atoms with E-state index in [9.17, 15) is 14.9 Å².